The average Bonchev–Trinajstić information content (AvgIpc) is 1.69. The Balaban J connectivity index is 2.78. The van der Waals surface area contributed by atoms with Gasteiger partial charge in [0.2, 0.25) is 0 Å². The van der Waals surface area contributed by atoms with Crippen molar-refractivity contribution in [3.8, 4) is 0 Å². The predicted octanol–water partition coefficient (Wildman–Crippen LogP) is 1.16. The smallest absolute Gasteiger partial charge is 0.0212 e. The molecule has 0 aromatic rings. The second-order valence-corrected chi connectivity index (χ2v) is 1.83. The summed E-state index contributed by atoms with van der Waals surface area (Å²) in [5.41, 5.74) is 0. The van der Waals surface area contributed by atoms with Gasteiger partial charge >= 0.3 is 0 Å². The molecule has 0 radical (unpaired) electrons. The number of nitrogens with one attached hydrogen (secondary N) is 1. The number of rotatable bonds is 3. The minimum absolute atomic E-state index is 0.953. The van der Waals surface area contributed by atoms with E-state index in [1.807, 2.05) is 7.05 Å². The lowest BCUT2D eigenvalue weighted by Crippen LogP contribution is -2.03. The normalized spacial score (nSPS) is 10.6. The number of halogens is 1. The fraction of sp³-hybridized carbons (Fsp3) is 0.600. The molecule has 0 aliphatic rings. The van der Waals surface area contributed by atoms with Crippen LogP contribution in [0.1, 0.15) is 0 Å². The molecular weight excluding hydrogens is 154 g/mol. The van der Waals surface area contributed by atoms with Gasteiger partial charge in [-0.05, 0) is 7.05 Å². The zero-order valence-electron chi connectivity index (χ0n) is 4.45. The van der Waals surface area contributed by atoms with Crippen LogP contribution in [0.3, 0.4) is 0 Å². The van der Waals surface area contributed by atoms with Crippen LogP contribution in [0.4, 0.5) is 0 Å². The molecule has 0 aliphatic carbocycles. The van der Waals surface area contributed by atoms with Gasteiger partial charge < -0.3 is 5.32 Å². The Labute approximate surface area is 52.9 Å². The molecule has 0 bridgehead atoms. The van der Waals surface area contributed by atoms with Crippen molar-refractivity contribution in [2.75, 3.05) is 18.9 Å². The third-order valence-corrected chi connectivity index (χ3v) is 0.952. The molecule has 0 saturated carbocycles. The summed E-state index contributed by atoms with van der Waals surface area (Å²) < 4.78 is 0. The van der Waals surface area contributed by atoms with Gasteiger partial charge in [-0.3, -0.25) is 0 Å². The first-order valence-corrected chi connectivity index (χ1v) is 3.39. The van der Waals surface area contributed by atoms with Gasteiger partial charge in [0.1, 0.15) is 0 Å². The summed E-state index contributed by atoms with van der Waals surface area (Å²) in [7, 11) is 1.93. The van der Waals surface area contributed by atoms with Crippen LogP contribution >= 0.6 is 15.9 Å². The fourth-order valence-electron chi connectivity index (χ4n) is 0.264. The first-order valence-electron chi connectivity index (χ1n) is 2.27. The van der Waals surface area contributed by atoms with Crippen LogP contribution in [0.5, 0.6) is 0 Å². The van der Waals surface area contributed by atoms with Gasteiger partial charge in [0.15, 0.2) is 0 Å². The van der Waals surface area contributed by atoms with Crippen molar-refractivity contribution < 1.29 is 0 Å². The van der Waals surface area contributed by atoms with E-state index in [1.54, 1.807) is 0 Å². The quantitative estimate of drug-likeness (QED) is 0.487. The standard InChI is InChI=1S/C5H10BrN/c1-7-5-3-2-4-6/h2-3,7H,4-5H2,1H3/b3-2+. The molecule has 0 amide bonds. The zero-order chi connectivity index (χ0) is 5.54. The largest absolute Gasteiger partial charge is 0.316 e. The van der Waals surface area contributed by atoms with Gasteiger partial charge in [0.05, 0.1) is 0 Å². The number of alkyl halides is 1. The van der Waals surface area contributed by atoms with E-state index in [-0.39, 0.29) is 0 Å². The fourth-order valence-corrected chi connectivity index (χ4v) is 0.529. The summed E-state index contributed by atoms with van der Waals surface area (Å²) in [5, 5.41) is 3.95. The second-order valence-electron chi connectivity index (χ2n) is 1.18. The van der Waals surface area contributed by atoms with E-state index in [0.717, 1.165) is 11.9 Å². The highest BCUT2D eigenvalue weighted by atomic mass is 79.9. The maximum atomic E-state index is 3.26. The number of allylic oxidation sites excluding steroid dienone is 1. The topological polar surface area (TPSA) is 12.0 Å². The Bertz CT molecular complexity index is 52.0. The molecule has 42 valence electrons. The van der Waals surface area contributed by atoms with Crippen LogP contribution in [0.2, 0.25) is 0 Å². The molecule has 7 heavy (non-hydrogen) atoms. The molecule has 1 N–H and O–H groups in total. The van der Waals surface area contributed by atoms with Crippen molar-refractivity contribution in [2.45, 2.75) is 0 Å². The Kier molecular flexibility index (Phi) is 6.34. The SMILES string of the molecule is CNC/C=C/CBr. The number of hydrogen-bond donors (Lipinski definition) is 1. The average molecular weight is 164 g/mol. The molecule has 0 spiro atoms. The maximum absolute atomic E-state index is 3.26. The predicted molar refractivity (Wildman–Crippen MR) is 36.9 cm³/mol. The van der Waals surface area contributed by atoms with E-state index in [2.05, 4.69) is 33.4 Å². The molecule has 0 saturated heterocycles. The van der Waals surface area contributed by atoms with Gasteiger partial charge in [-0.15, -0.1) is 0 Å². The Morgan fingerprint density at radius 2 is 2.29 bits per heavy atom. The lowest BCUT2D eigenvalue weighted by Gasteiger charge is -1.83. The number of likely N-dealkylation sites (N-methyl/N-ethyl adjacent to an activating group) is 1. The van der Waals surface area contributed by atoms with Crippen LogP contribution in [0.25, 0.3) is 0 Å². The lowest BCUT2D eigenvalue weighted by molar-refractivity contribution is 0.919. The molecule has 0 atom stereocenters. The molecule has 1 nitrogen and oxygen atoms in total. The van der Waals surface area contributed by atoms with Crippen LogP contribution in [0.15, 0.2) is 12.2 Å². The van der Waals surface area contributed by atoms with Crippen LogP contribution in [-0.4, -0.2) is 18.9 Å². The van der Waals surface area contributed by atoms with Crippen molar-refractivity contribution in [2.24, 2.45) is 0 Å². The van der Waals surface area contributed by atoms with E-state index >= 15 is 0 Å². The van der Waals surface area contributed by atoms with Gasteiger partial charge in [0.25, 0.3) is 0 Å². The van der Waals surface area contributed by atoms with Gasteiger partial charge in [-0.2, -0.15) is 0 Å². The first-order chi connectivity index (χ1) is 3.41. The Morgan fingerprint density at radius 3 is 2.71 bits per heavy atom. The molecule has 2 heteroatoms. The minimum atomic E-state index is 0.953. The molecular formula is C5H10BrN. The van der Waals surface area contributed by atoms with Crippen LogP contribution < -0.4 is 5.32 Å². The third kappa shape index (κ3) is 6.18. The number of hydrogen-bond acceptors (Lipinski definition) is 1. The van der Waals surface area contributed by atoms with E-state index in [4.69, 9.17) is 0 Å². The van der Waals surface area contributed by atoms with E-state index in [1.165, 1.54) is 0 Å². The summed E-state index contributed by atoms with van der Waals surface area (Å²) in [6.45, 7) is 0.964. The first kappa shape index (κ1) is 7.18. The Morgan fingerprint density at radius 1 is 1.57 bits per heavy atom. The summed E-state index contributed by atoms with van der Waals surface area (Å²) in [6, 6.07) is 0. The molecule has 0 unspecified atom stereocenters. The second kappa shape index (κ2) is 6.18. The molecule has 0 aliphatic heterocycles. The maximum Gasteiger partial charge on any atom is 0.0212 e. The van der Waals surface area contributed by atoms with Crippen molar-refractivity contribution in [1.82, 2.24) is 5.32 Å². The Hall–Kier alpha value is 0.180. The molecule has 0 rings (SSSR count). The molecule has 0 aromatic heterocycles. The highest BCUT2D eigenvalue weighted by molar-refractivity contribution is 9.09. The summed E-state index contributed by atoms with van der Waals surface area (Å²) in [5.74, 6) is 0. The molecule has 0 heterocycles. The monoisotopic (exact) mass is 163 g/mol. The summed E-state index contributed by atoms with van der Waals surface area (Å²) in [6.07, 6.45) is 4.14. The zero-order valence-corrected chi connectivity index (χ0v) is 6.03. The van der Waals surface area contributed by atoms with E-state index < -0.39 is 0 Å². The van der Waals surface area contributed by atoms with Crippen molar-refractivity contribution in [3.05, 3.63) is 12.2 Å². The van der Waals surface area contributed by atoms with Crippen molar-refractivity contribution in [1.29, 1.82) is 0 Å². The van der Waals surface area contributed by atoms with E-state index in [9.17, 15) is 0 Å². The van der Waals surface area contributed by atoms with Gasteiger partial charge in [-0.1, -0.05) is 28.1 Å². The van der Waals surface area contributed by atoms with Crippen LogP contribution in [0, 0.1) is 0 Å². The summed E-state index contributed by atoms with van der Waals surface area (Å²) >= 11 is 3.26. The molecule has 0 aromatic carbocycles. The van der Waals surface area contributed by atoms with Crippen LogP contribution in [-0.2, 0) is 0 Å². The lowest BCUT2D eigenvalue weighted by atomic mass is 10.5. The van der Waals surface area contributed by atoms with Gasteiger partial charge in [0, 0.05) is 11.9 Å². The molecule has 0 fully saturated rings. The van der Waals surface area contributed by atoms with Gasteiger partial charge in [-0.25, -0.2) is 0 Å². The highest BCUT2D eigenvalue weighted by Crippen LogP contribution is 1.78. The van der Waals surface area contributed by atoms with E-state index in [0.29, 0.717) is 0 Å². The minimum Gasteiger partial charge on any atom is -0.316 e. The highest BCUT2D eigenvalue weighted by Gasteiger charge is 1.66. The van der Waals surface area contributed by atoms with Crippen molar-refractivity contribution >= 4 is 15.9 Å². The third-order valence-electron chi connectivity index (χ3n) is 0.578. The summed E-state index contributed by atoms with van der Waals surface area (Å²) in [4.78, 5) is 0. The van der Waals surface area contributed by atoms with Crippen molar-refractivity contribution in [3.63, 3.8) is 0 Å².